The fourth-order valence-electron chi connectivity index (χ4n) is 7.80. The molecule has 0 saturated heterocycles. The summed E-state index contributed by atoms with van der Waals surface area (Å²) in [6.45, 7) is 4.65. The van der Waals surface area contributed by atoms with Gasteiger partial charge < -0.3 is 13.7 Å². The maximum atomic E-state index is 6.39. The van der Waals surface area contributed by atoms with Gasteiger partial charge in [-0.05, 0) is 88.5 Å². The number of nitrogens with zero attached hydrogens (tertiary/aromatic N) is 2. The highest BCUT2D eigenvalue weighted by Gasteiger charge is 2.35. The van der Waals surface area contributed by atoms with Crippen molar-refractivity contribution in [2.24, 2.45) is 0 Å². The SMILES string of the molecule is CC1(C)c2ccccc2-c2ccc(N(c3ccc(-c4cccc5c4oc4ccccc45)cc3)c3ccc4oc(-c5ccccc5)nc4c3)cc21. The predicted octanol–water partition coefficient (Wildman–Crippen LogP) is 12.8. The van der Waals surface area contributed by atoms with E-state index in [-0.39, 0.29) is 5.41 Å². The molecule has 0 N–H and O–H groups in total. The van der Waals surface area contributed by atoms with Crippen LogP contribution < -0.4 is 4.90 Å². The quantitative estimate of drug-likeness (QED) is 0.187. The number of oxazole rings is 1. The summed E-state index contributed by atoms with van der Waals surface area (Å²) in [6.07, 6.45) is 0. The molecular formula is C46H32N2O2. The molecule has 0 unspecified atom stereocenters. The van der Waals surface area contributed by atoms with Crippen molar-refractivity contribution < 1.29 is 8.83 Å². The monoisotopic (exact) mass is 644 g/mol. The van der Waals surface area contributed by atoms with Crippen molar-refractivity contribution in [1.82, 2.24) is 4.98 Å². The van der Waals surface area contributed by atoms with Crippen molar-refractivity contribution in [1.29, 1.82) is 0 Å². The van der Waals surface area contributed by atoms with E-state index >= 15 is 0 Å². The number of fused-ring (bicyclic) bond motifs is 7. The molecule has 0 radical (unpaired) electrons. The Morgan fingerprint density at radius 1 is 0.480 bits per heavy atom. The highest BCUT2D eigenvalue weighted by Crippen LogP contribution is 2.51. The van der Waals surface area contributed by atoms with Gasteiger partial charge in [-0.15, -0.1) is 0 Å². The van der Waals surface area contributed by atoms with E-state index in [1.165, 1.54) is 22.3 Å². The number of benzene rings is 7. The van der Waals surface area contributed by atoms with Crippen molar-refractivity contribution in [2.45, 2.75) is 19.3 Å². The molecule has 0 fully saturated rings. The first-order valence-corrected chi connectivity index (χ1v) is 17.0. The molecular weight excluding hydrogens is 613 g/mol. The molecule has 4 heteroatoms. The molecule has 1 aliphatic rings. The van der Waals surface area contributed by atoms with Gasteiger partial charge in [-0.3, -0.25) is 0 Å². The van der Waals surface area contributed by atoms with Gasteiger partial charge in [-0.25, -0.2) is 4.98 Å². The van der Waals surface area contributed by atoms with Crippen LogP contribution in [0.4, 0.5) is 17.1 Å². The highest BCUT2D eigenvalue weighted by atomic mass is 16.3. The predicted molar refractivity (Wildman–Crippen MR) is 204 cm³/mol. The molecule has 7 aromatic carbocycles. The van der Waals surface area contributed by atoms with E-state index in [2.05, 4.69) is 128 Å². The Hall–Kier alpha value is -6.39. The van der Waals surface area contributed by atoms with Gasteiger partial charge in [0.25, 0.3) is 0 Å². The van der Waals surface area contributed by atoms with E-state index in [0.29, 0.717) is 5.89 Å². The van der Waals surface area contributed by atoms with E-state index in [1.807, 2.05) is 48.5 Å². The van der Waals surface area contributed by atoms with Gasteiger partial charge in [0.15, 0.2) is 5.58 Å². The van der Waals surface area contributed by atoms with Gasteiger partial charge in [-0.1, -0.05) is 111 Å². The third kappa shape index (κ3) is 4.35. The highest BCUT2D eigenvalue weighted by molar-refractivity contribution is 6.09. The van der Waals surface area contributed by atoms with Gasteiger partial charge in [0, 0.05) is 44.4 Å². The number of hydrogen-bond acceptors (Lipinski definition) is 4. The maximum absolute atomic E-state index is 6.39. The van der Waals surface area contributed by atoms with Gasteiger partial charge in [-0.2, -0.15) is 0 Å². The summed E-state index contributed by atoms with van der Waals surface area (Å²) >= 11 is 0. The van der Waals surface area contributed by atoms with Crippen LogP contribution in [0.5, 0.6) is 0 Å². The first-order chi connectivity index (χ1) is 24.5. The third-order valence-corrected chi connectivity index (χ3v) is 10.3. The summed E-state index contributed by atoms with van der Waals surface area (Å²) in [4.78, 5) is 7.24. The molecule has 10 rings (SSSR count). The molecule has 0 saturated carbocycles. The Bertz CT molecular complexity index is 2730. The summed E-state index contributed by atoms with van der Waals surface area (Å²) in [7, 11) is 0. The van der Waals surface area contributed by atoms with Crippen LogP contribution in [0, 0.1) is 0 Å². The molecule has 0 spiro atoms. The summed E-state index contributed by atoms with van der Waals surface area (Å²) in [5.41, 5.74) is 14.8. The molecule has 238 valence electrons. The zero-order chi connectivity index (χ0) is 33.4. The number of rotatable bonds is 5. The van der Waals surface area contributed by atoms with Gasteiger partial charge in [0.05, 0.1) is 0 Å². The second-order valence-corrected chi connectivity index (χ2v) is 13.6. The number of furan rings is 1. The molecule has 0 bridgehead atoms. The Labute approximate surface area is 289 Å². The third-order valence-electron chi connectivity index (χ3n) is 10.3. The standard InChI is InChI=1S/C46H32N2O2/c1-46(2)39-17-8-6-13-35(39)36-25-23-32(27-40(36)46)48(33-24-26-43-41(28-33)47-45(50-43)30-11-4-3-5-12-30)31-21-19-29(20-22-31)34-15-10-16-38-37-14-7-9-18-42(37)49-44(34)38/h3-28H,1-2H3. The zero-order valence-corrected chi connectivity index (χ0v) is 27.7. The molecule has 0 atom stereocenters. The van der Waals surface area contributed by atoms with Crippen LogP contribution in [0.2, 0.25) is 0 Å². The Morgan fingerprint density at radius 2 is 1.16 bits per heavy atom. The van der Waals surface area contributed by atoms with Crippen LogP contribution in [0.1, 0.15) is 25.0 Å². The number of para-hydroxylation sites is 2. The average Bonchev–Trinajstić information content (AvgIpc) is 3.83. The molecule has 0 aliphatic heterocycles. The summed E-state index contributed by atoms with van der Waals surface area (Å²) in [6, 6.07) is 55.4. The van der Waals surface area contributed by atoms with E-state index in [4.69, 9.17) is 13.8 Å². The molecule has 1 aliphatic carbocycles. The molecule has 0 amide bonds. The largest absolute Gasteiger partial charge is 0.455 e. The number of aromatic nitrogens is 1. The number of anilines is 3. The lowest BCUT2D eigenvalue weighted by Crippen LogP contribution is -2.16. The van der Waals surface area contributed by atoms with E-state index in [1.54, 1.807) is 0 Å². The number of hydrogen-bond donors (Lipinski definition) is 0. The first-order valence-electron chi connectivity index (χ1n) is 17.0. The van der Waals surface area contributed by atoms with Crippen molar-refractivity contribution in [3.63, 3.8) is 0 Å². The van der Waals surface area contributed by atoms with Crippen LogP contribution >= 0.6 is 0 Å². The smallest absolute Gasteiger partial charge is 0.227 e. The molecule has 9 aromatic rings. The van der Waals surface area contributed by atoms with Gasteiger partial charge in [0.1, 0.15) is 16.7 Å². The second kappa shape index (κ2) is 10.8. The van der Waals surface area contributed by atoms with Crippen LogP contribution in [-0.2, 0) is 5.41 Å². The molecule has 2 aromatic heterocycles. The van der Waals surface area contributed by atoms with Crippen molar-refractivity contribution in [2.75, 3.05) is 4.90 Å². The van der Waals surface area contributed by atoms with Crippen LogP contribution in [0.3, 0.4) is 0 Å². The van der Waals surface area contributed by atoms with Crippen molar-refractivity contribution >= 4 is 50.1 Å². The second-order valence-electron chi connectivity index (χ2n) is 13.6. The normalized spacial score (nSPS) is 13.2. The minimum atomic E-state index is -0.122. The maximum Gasteiger partial charge on any atom is 0.227 e. The Balaban J connectivity index is 1.11. The lowest BCUT2D eigenvalue weighted by atomic mass is 9.82. The van der Waals surface area contributed by atoms with E-state index in [9.17, 15) is 0 Å². The lowest BCUT2D eigenvalue weighted by Gasteiger charge is -2.28. The Morgan fingerprint density at radius 3 is 2.04 bits per heavy atom. The van der Waals surface area contributed by atoms with E-state index < -0.39 is 0 Å². The van der Waals surface area contributed by atoms with Crippen LogP contribution in [0.25, 0.3) is 66.7 Å². The van der Waals surface area contributed by atoms with Crippen LogP contribution in [-0.4, -0.2) is 4.98 Å². The fraction of sp³-hybridized carbons (Fsp3) is 0.0652. The van der Waals surface area contributed by atoms with Crippen molar-refractivity contribution in [3.8, 4) is 33.7 Å². The van der Waals surface area contributed by atoms with Gasteiger partial charge >= 0.3 is 0 Å². The minimum absolute atomic E-state index is 0.122. The van der Waals surface area contributed by atoms with Gasteiger partial charge in [0.2, 0.25) is 5.89 Å². The fourth-order valence-corrected chi connectivity index (χ4v) is 7.80. The molecule has 4 nitrogen and oxygen atoms in total. The summed E-state index contributed by atoms with van der Waals surface area (Å²) < 4.78 is 12.6. The van der Waals surface area contributed by atoms with E-state index in [0.717, 1.165) is 66.8 Å². The summed E-state index contributed by atoms with van der Waals surface area (Å²) in [5.74, 6) is 0.616. The summed E-state index contributed by atoms with van der Waals surface area (Å²) in [5, 5.41) is 2.26. The topological polar surface area (TPSA) is 42.4 Å². The zero-order valence-electron chi connectivity index (χ0n) is 27.7. The van der Waals surface area contributed by atoms with Crippen LogP contribution in [0.15, 0.2) is 167 Å². The van der Waals surface area contributed by atoms with Crippen molar-refractivity contribution in [3.05, 3.63) is 169 Å². The lowest BCUT2D eigenvalue weighted by molar-refractivity contribution is 0.620. The average molecular weight is 645 g/mol. The molecule has 50 heavy (non-hydrogen) atoms. The first kappa shape index (κ1) is 28.6. The minimum Gasteiger partial charge on any atom is -0.455 e. The Kier molecular flexibility index (Phi) is 6.19. The molecule has 2 heterocycles.